The molecule has 0 spiro atoms. The van der Waals surface area contributed by atoms with Crippen LogP contribution in [0.5, 0.6) is 0 Å². The van der Waals surface area contributed by atoms with Gasteiger partial charge in [-0.1, -0.05) is 6.92 Å². The third-order valence-electron chi connectivity index (χ3n) is 3.84. The number of rotatable bonds is 3. The van der Waals surface area contributed by atoms with E-state index in [1.54, 1.807) is 0 Å². The fourth-order valence-electron chi connectivity index (χ4n) is 2.67. The second-order valence-corrected chi connectivity index (χ2v) is 6.34. The zero-order chi connectivity index (χ0) is 14.0. The van der Waals surface area contributed by atoms with E-state index in [9.17, 15) is 4.79 Å². The normalized spacial score (nSPS) is 19.8. The Labute approximate surface area is 123 Å². The molecule has 1 saturated heterocycles. The standard InChI is InChI=1S/C14H22BrN3O/c1-10-5-4-7-17(9-10)13(19)6-8-18-12(3)14(15)11(2)16-18/h10H,4-9H2,1-3H3/t10-/m1/s1. The summed E-state index contributed by atoms with van der Waals surface area (Å²) >= 11 is 3.51. The van der Waals surface area contributed by atoms with Crippen LogP contribution in [0.4, 0.5) is 0 Å². The Morgan fingerprint density at radius 2 is 2.21 bits per heavy atom. The number of carbonyl (C=O) groups is 1. The Hall–Kier alpha value is -0.840. The Bertz CT molecular complexity index is 470. The summed E-state index contributed by atoms with van der Waals surface area (Å²) in [4.78, 5) is 14.2. The van der Waals surface area contributed by atoms with Crippen LogP contribution in [0.15, 0.2) is 4.47 Å². The molecule has 0 radical (unpaired) electrons. The molecular weight excluding hydrogens is 306 g/mol. The Morgan fingerprint density at radius 1 is 1.47 bits per heavy atom. The molecule has 0 N–H and O–H groups in total. The zero-order valence-electron chi connectivity index (χ0n) is 11.9. The third kappa shape index (κ3) is 3.38. The molecule has 0 aliphatic carbocycles. The van der Waals surface area contributed by atoms with E-state index >= 15 is 0 Å². The van der Waals surface area contributed by atoms with Gasteiger partial charge < -0.3 is 4.90 Å². The van der Waals surface area contributed by atoms with Crippen LogP contribution >= 0.6 is 15.9 Å². The van der Waals surface area contributed by atoms with Gasteiger partial charge in [0.25, 0.3) is 0 Å². The van der Waals surface area contributed by atoms with Crippen molar-refractivity contribution < 1.29 is 4.79 Å². The van der Waals surface area contributed by atoms with E-state index in [1.165, 1.54) is 6.42 Å². The average Bonchev–Trinajstić information content (AvgIpc) is 2.63. The SMILES string of the molecule is Cc1nn(CCC(=O)N2CCC[C@@H](C)C2)c(C)c1Br. The van der Waals surface area contributed by atoms with Crippen molar-refractivity contribution in [3.8, 4) is 0 Å². The van der Waals surface area contributed by atoms with Gasteiger partial charge in [0, 0.05) is 25.2 Å². The van der Waals surface area contributed by atoms with E-state index in [1.807, 2.05) is 23.4 Å². The van der Waals surface area contributed by atoms with E-state index in [0.717, 1.165) is 35.4 Å². The van der Waals surface area contributed by atoms with Gasteiger partial charge in [0.05, 0.1) is 16.7 Å². The average molecular weight is 328 g/mol. The lowest BCUT2D eigenvalue weighted by molar-refractivity contribution is -0.133. The largest absolute Gasteiger partial charge is 0.342 e. The highest BCUT2D eigenvalue weighted by molar-refractivity contribution is 9.10. The summed E-state index contributed by atoms with van der Waals surface area (Å²) in [7, 11) is 0. The first-order valence-electron chi connectivity index (χ1n) is 6.96. The van der Waals surface area contributed by atoms with Crippen LogP contribution in [0.3, 0.4) is 0 Å². The molecule has 1 aromatic heterocycles. The van der Waals surface area contributed by atoms with Crippen LogP contribution in [-0.2, 0) is 11.3 Å². The maximum Gasteiger partial charge on any atom is 0.224 e. The van der Waals surface area contributed by atoms with E-state index < -0.39 is 0 Å². The number of hydrogen-bond acceptors (Lipinski definition) is 2. The number of piperidine rings is 1. The van der Waals surface area contributed by atoms with E-state index in [4.69, 9.17) is 0 Å². The minimum absolute atomic E-state index is 0.259. The van der Waals surface area contributed by atoms with Crippen molar-refractivity contribution >= 4 is 21.8 Å². The highest BCUT2D eigenvalue weighted by Crippen LogP contribution is 2.20. The fraction of sp³-hybridized carbons (Fsp3) is 0.714. The van der Waals surface area contributed by atoms with Crippen molar-refractivity contribution in [3.05, 3.63) is 15.9 Å². The predicted octanol–water partition coefficient (Wildman–Crippen LogP) is 2.91. The number of aryl methyl sites for hydroxylation is 2. The van der Waals surface area contributed by atoms with Crippen molar-refractivity contribution in [2.45, 2.75) is 46.6 Å². The first-order chi connectivity index (χ1) is 8.99. The van der Waals surface area contributed by atoms with Gasteiger partial charge in [-0.25, -0.2) is 0 Å². The van der Waals surface area contributed by atoms with Gasteiger partial charge in [0.2, 0.25) is 5.91 Å². The van der Waals surface area contributed by atoms with Gasteiger partial charge in [0.1, 0.15) is 0 Å². The predicted molar refractivity (Wildman–Crippen MR) is 79.0 cm³/mol. The molecule has 2 heterocycles. The highest BCUT2D eigenvalue weighted by Gasteiger charge is 2.21. The van der Waals surface area contributed by atoms with E-state index in [0.29, 0.717) is 18.9 Å². The zero-order valence-corrected chi connectivity index (χ0v) is 13.5. The van der Waals surface area contributed by atoms with Crippen molar-refractivity contribution in [2.24, 2.45) is 5.92 Å². The molecule has 1 fully saturated rings. The van der Waals surface area contributed by atoms with Crippen molar-refractivity contribution in [3.63, 3.8) is 0 Å². The van der Waals surface area contributed by atoms with Gasteiger partial charge in [-0.15, -0.1) is 0 Å². The van der Waals surface area contributed by atoms with Gasteiger partial charge in [-0.3, -0.25) is 9.48 Å². The smallest absolute Gasteiger partial charge is 0.224 e. The molecule has 5 heteroatoms. The minimum Gasteiger partial charge on any atom is -0.342 e. The molecule has 0 bridgehead atoms. The van der Waals surface area contributed by atoms with Crippen molar-refractivity contribution in [2.75, 3.05) is 13.1 Å². The summed E-state index contributed by atoms with van der Waals surface area (Å²) in [6, 6.07) is 0. The molecule has 1 amide bonds. The maximum atomic E-state index is 12.2. The molecule has 4 nitrogen and oxygen atoms in total. The summed E-state index contributed by atoms with van der Waals surface area (Å²) < 4.78 is 2.97. The summed E-state index contributed by atoms with van der Waals surface area (Å²) in [6.45, 7) is 8.72. The van der Waals surface area contributed by atoms with Crippen LogP contribution in [0.1, 0.15) is 37.6 Å². The molecule has 1 aliphatic heterocycles. The third-order valence-corrected chi connectivity index (χ3v) is 4.99. The van der Waals surface area contributed by atoms with Crippen LogP contribution in [-0.4, -0.2) is 33.7 Å². The maximum absolute atomic E-state index is 12.2. The molecule has 0 aromatic carbocycles. The molecule has 0 saturated carbocycles. The van der Waals surface area contributed by atoms with E-state index in [-0.39, 0.29) is 5.91 Å². The lowest BCUT2D eigenvalue weighted by Crippen LogP contribution is -2.39. The van der Waals surface area contributed by atoms with E-state index in [2.05, 4.69) is 28.0 Å². The topological polar surface area (TPSA) is 38.1 Å². The number of hydrogen-bond donors (Lipinski definition) is 0. The fourth-order valence-corrected chi connectivity index (χ4v) is 2.95. The van der Waals surface area contributed by atoms with Crippen molar-refractivity contribution in [1.29, 1.82) is 0 Å². The summed E-state index contributed by atoms with van der Waals surface area (Å²) in [6.07, 6.45) is 2.92. The number of nitrogens with zero attached hydrogens (tertiary/aromatic N) is 3. The van der Waals surface area contributed by atoms with Crippen LogP contribution in [0.25, 0.3) is 0 Å². The summed E-state index contributed by atoms with van der Waals surface area (Å²) in [5, 5.41) is 4.44. The number of halogens is 1. The molecule has 1 aromatic rings. The monoisotopic (exact) mass is 327 g/mol. The second-order valence-electron chi connectivity index (χ2n) is 5.55. The lowest BCUT2D eigenvalue weighted by Gasteiger charge is -2.31. The summed E-state index contributed by atoms with van der Waals surface area (Å²) in [5.74, 6) is 0.899. The van der Waals surface area contributed by atoms with Gasteiger partial charge >= 0.3 is 0 Å². The van der Waals surface area contributed by atoms with Crippen LogP contribution in [0, 0.1) is 19.8 Å². The number of amides is 1. The molecule has 1 aliphatic rings. The van der Waals surface area contributed by atoms with Gasteiger partial charge in [0.15, 0.2) is 0 Å². The number of carbonyl (C=O) groups excluding carboxylic acids is 1. The Balaban J connectivity index is 1.91. The quantitative estimate of drug-likeness (QED) is 0.856. The first kappa shape index (κ1) is 14.6. The molecule has 106 valence electrons. The van der Waals surface area contributed by atoms with Gasteiger partial charge in [-0.2, -0.15) is 5.10 Å². The molecule has 0 unspecified atom stereocenters. The highest BCUT2D eigenvalue weighted by atomic mass is 79.9. The number of aromatic nitrogens is 2. The molecule has 1 atom stereocenters. The second kappa shape index (κ2) is 6.07. The Kier molecular flexibility index (Phi) is 4.66. The first-order valence-corrected chi connectivity index (χ1v) is 7.75. The van der Waals surface area contributed by atoms with Gasteiger partial charge in [-0.05, 0) is 48.5 Å². The number of likely N-dealkylation sites (tertiary alicyclic amines) is 1. The minimum atomic E-state index is 0.259. The summed E-state index contributed by atoms with van der Waals surface area (Å²) in [5.41, 5.74) is 2.08. The molecule has 19 heavy (non-hydrogen) atoms. The molecule has 2 rings (SSSR count). The van der Waals surface area contributed by atoms with Crippen molar-refractivity contribution in [1.82, 2.24) is 14.7 Å². The molecular formula is C14H22BrN3O. The van der Waals surface area contributed by atoms with Crippen LogP contribution < -0.4 is 0 Å². The Morgan fingerprint density at radius 3 is 2.79 bits per heavy atom. The lowest BCUT2D eigenvalue weighted by atomic mass is 10.00. The van der Waals surface area contributed by atoms with Crippen LogP contribution in [0.2, 0.25) is 0 Å².